The Balaban J connectivity index is 1.33. The van der Waals surface area contributed by atoms with Crippen LogP contribution in [0.2, 0.25) is 0 Å². The molecule has 8 nitrogen and oxygen atoms in total. The summed E-state index contributed by atoms with van der Waals surface area (Å²) < 4.78 is 31.5. The van der Waals surface area contributed by atoms with Gasteiger partial charge in [0.05, 0.1) is 22.6 Å². The third kappa shape index (κ3) is 4.39. The SMILES string of the molecule is CO[C@@H]1C=C[C@@]23c4cc5c(cc4C(OC(=O)c4ccc(Br)cc4)N(C[C@H]2OC(=O)c2ccc(Br)cc2)[C@H]3C1)OCO5. The summed E-state index contributed by atoms with van der Waals surface area (Å²) in [5.41, 5.74) is 1.84. The van der Waals surface area contributed by atoms with Crippen molar-refractivity contribution in [3.63, 3.8) is 0 Å². The van der Waals surface area contributed by atoms with E-state index in [1.165, 1.54) is 0 Å². The van der Waals surface area contributed by atoms with E-state index in [4.69, 9.17) is 23.7 Å². The van der Waals surface area contributed by atoms with E-state index in [0.717, 1.165) is 20.1 Å². The maximum atomic E-state index is 13.4. The Labute approximate surface area is 253 Å². The van der Waals surface area contributed by atoms with Gasteiger partial charge in [-0.2, -0.15) is 0 Å². The first-order valence-electron chi connectivity index (χ1n) is 13.2. The van der Waals surface area contributed by atoms with Crippen molar-refractivity contribution >= 4 is 43.8 Å². The third-order valence-electron chi connectivity index (χ3n) is 8.41. The first-order chi connectivity index (χ1) is 19.9. The largest absolute Gasteiger partial charge is 0.456 e. The summed E-state index contributed by atoms with van der Waals surface area (Å²) in [5, 5.41) is 0. The summed E-state index contributed by atoms with van der Waals surface area (Å²) in [6.07, 6.45) is 3.31. The number of benzene rings is 3. The quantitative estimate of drug-likeness (QED) is 0.242. The molecule has 1 aliphatic carbocycles. The summed E-state index contributed by atoms with van der Waals surface area (Å²) in [6, 6.07) is 17.8. The Morgan fingerprint density at radius 1 is 0.902 bits per heavy atom. The minimum atomic E-state index is -0.742. The Bertz CT molecular complexity index is 1560. The molecule has 3 aliphatic heterocycles. The molecule has 3 heterocycles. The summed E-state index contributed by atoms with van der Waals surface area (Å²) in [7, 11) is 1.68. The molecule has 0 amide bonds. The molecular formula is C31H25Br2NO7. The van der Waals surface area contributed by atoms with Gasteiger partial charge in [-0.1, -0.05) is 44.0 Å². The number of rotatable bonds is 5. The van der Waals surface area contributed by atoms with E-state index in [1.54, 1.807) is 43.5 Å². The minimum Gasteiger partial charge on any atom is -0.456 e. The van der Waals surface area contributed by atoms with Crippen LogP contribution in [0.25, 0.3) is 0 Å². The summed E-state index contributed by atoms with van der Waals surface area (Å²) in [4.78, 5) is 29.0. The van der Waals surface area contributed by atoms with Crippen LogP contribution in [-0.4, -0.2) is 55.5 Å². The van der Waals surface area contributed by atoms with Gasteiger partial charge in [0, 0.05) is 34.2 Å². The van der Waals surface area contributed by atoms with Crippen molar-refractivity contribution in [2.75, 3.05) is 20.4 Å². The lowest BCUT2D eigenvalue weighted by Crippen LogP contribution is -2.54. The molecule has 10 heteroatoms. The smallest absolute Gasteiger partial charge is 0.339 e. The second kappa shape index (κ2) is 10.3. The predicted octanol–water partition coefficient (Wildman–Crippen LogP) is 5.93. The molecule has 0 aromatic heterocycles. The lowest BCUT2D eigenvalue weighted by atomic mass is 9.65. The van der Waals surface area contributed by atoms with Gasteiger partial charge in [0.25, 0.3) is 0 Å². The van der Waals surface area contributed by atoms with Gasteiger partial charge in [-0.15, -0.1) is 0 Å². The first kappa shape index (κ1) is 26.7. The van der Waals surface area contributed by atoms with Gasteiger partial charge in [0.15, 0.2) is 17.7 Å². The second-order valence-corrected chi connectivity index (χ2v) is 12.3. The molecular weight excluding hydrogens is 658 g/mol. The zero-order chi connectivity index (χ0) is 28.3. The molecule has 6 atom stereocenters. The van der Waals surface area contributed by atoms with E-state index in [0.29, 0.717) is 35.6 Å². The molecule has 2 unspecified atom stereocenters. The van der Waals surface area contributed by atoms with Crippen molar-refractivity contribution in [1.82, 2.24) is 4.90 Å². The topological polar surface area (TPSA) is 83.5 Å². The minimum absolute atomic E-state index is 0.102. The first-order valence-corrected chi connectivity index (χ1v) is 14.8. The van der Waals surface area contributed by atoms with Crippen molar-refractivity contribution in [3.05, 3.63) is 104 Å². The van der Waals surface area contributed by atoms with Gasteiger partial charge in [0.2, 0.25) is 6.79 Å². The molecule has 7 rings (SSSR count). The van der Waals surface area contributed by atoms with Gasteiger partial charge in [-0.05, 0) is 72.6 Å². The van der Waals surface area contributed by atoms with Crippen molar-refractivity contribution in [2.45, 2.75) is 36.3 Å². The highest BCUT2D eigenvalue weighted by Crippen LogP contribution is 2.58. The molecule has 3 aromatic rings. The predicted molar refractivity (Wildman–Crippen MR) is 155 cm³/mol. The fourth-order valence-electron chi connectivity index (χ4n) is 6.47. The van der Waals surface area contributed by atoms with E-state index in [2.05, 4.69) is 42.8 Å². The number of halogens is 2. The number of nitrogens with zero attached hydrogens (tertiary/aromatic N) is 1. The summed E-state index contributed by atoms with van der Waals surface area (Å²) in [5.74, 6) is 0.318. The fourth-order valence-corrected chi connectivity index (χ4v) is 7.00. The number of carbonyl (C=O) groups excluding carboxylic acids is 2. The highest BCUT2D eigenvalue weighted by atomic mass is 79.9. The van der Waals surface area contributed by atoms with Crippen LogP contribution in [0.1, 0.15) is 44.5 Å². The zero-order valence-corrected chi connectivity index (χ0v) is 25.1. The maximum absolute atomic E-state index is 13.4. The summed E-state index contributed by atoms with van der Waals surface area (Å²) >= 11 is 6.84. The Morgan fingerprint density at radius 3 is 2.15 bits per heavy atom. The highest BCUT2D eigenvalue weighted by molar-refractivity contribution is 9.10. The van der Waals surface area contributed by atoms with E-state index in [1.807, 2.05) is 30.3 Å². The number of methoxy groups -OCH3 is 1. The lowest BCUT2D eigenvalue weighted by Gasteiger charge is -2.48. The number of carbonyl (C=O) groups is 2. The monoisotopic (exact) mass is 681 g/mol. The Hall–Kier alpha value is -3.18. The standard InChI is InChI=1S/C31H25Br2NO7/c1-37-21-10-11-31-23-14-25-24(38-16-39-25)13-22(23)28(41-30(36)18-4-8-20(33)9-5-18)34(26(31)12-21)15-27(31)40-29(35)17-2-6-19(32)7-3-17/h2-11,13-14,21,26-28H,12,15-16H2,1H3/t21-,26+,27-,28?,31+/m1/s1. The van der Waals surface area contributed by atoms with E-state index < -0.39 is 29.7 Å². The molecule has 41 heavy (non-hydrogen) atoms. The molecule has 2 bridgehead atoms. The molecule has 3 aromatic carbocycles. The lowest BCUT2D eigenvalue weighted by molar-refractivity contribution is -0.0605. The maximum Gasteiger partial charge on any atom is 0.339 e. The van der Waals surface area contributed by atoms with E-state index in [-0.39, 0.29) is 18.9 Å². The normalized spacial score (nSPS) is 28.5. The second-order valence-electron chi connectivity index (χ2n) is 10.5. The molecule has 0 spiro atoms. The van der Waals surface area contributed by atoms with Crippen molar-refractivity contribution < 1.29 is 33.3 Å². The van der Waals surface area contributed by atoms with Crippen LogP contribution < -0.4 is 9.47 Å². The fraction of sp³-hybridized carbons (Fsp3) is 0.290. The van der Waals surface area contributed by atoms with Gasteiger partial charge in [-0.3, -0.25) is 4.90 Å². The number of hydrogen-bond donors (Lipinski definition) is 0. The third-order valence-corrected chi connectivity index (χ3v) is 9.47. The van der Waals surface area contributed by atoms with Crippen molar-refractivity contribution in [1.29, 1.82) is 0 Å². The van der Waals surface area contributed by atoms with Gasteiger partial charge in [-0.25, -0.2) is 9.59 Å². The number of hydrogen-bond acceptors (Lipinski definition) is 8. The Morgan fingerprint density at radius 2 is 1.51 bits per heavy atom. The average Bonchev–Trinajstić information content (AvgIpc) is 3.55. The molecule has 0 radical (unpaired) electrons. The van der Waals surface area contributed by atoms with Crippen LogP contribution in [0.3, 0.4) is 0 Å². The molecule has 0 N–H and O–H groups in total. The molecule has 4 aliphatic rings. The van der Waals surface area contributed by atoms with Crippen LogP contribution in [-0.2, 0) is 19.6 Å². The van der Waals surface area contributed by atoms with Crippen LogP contribution >= 0.6 is 31.9 Å². The molecule has 1 saturated heterocycles. The van der Waals surface area contributed by atoms with Crippen LogP contribution in [0, 0.1) is 0 Å². The van der Waals surface area contributed by atoms with Crippen LogP contribution in [0.4, 0.5) is 0 Å². The van der Waals surface area contributed by atoms with E-state index in [9.17, 15) is 9.59 Å². The van der Waals surface area contributed by atoms with Crippen molar-refractivity contribution in [3.8, 4) is 11.5 Å². The average molecular weight is 683 g/mol. The van der Waals surface area contributed by atoms with Gasteiger partial charge < -0.3 is 23.7 Å². The Kier molecular flexibility index (Phi) is 6.69. The van der Waals surface area contributed by atoms with Gasteiger partial charge >= 0.3 is 11.9 Å². The zero-order valence-electron chi connectivity index (χ0n) is 21.9. The number of ether oxygens (including phenoxy) is 5. The van der Waals surface area contributed by atoms with Crippen LogP contribution in [0.15, 0.2) is 81.8 Å². The highest BCUT2D eigenvalue weighted by Gasteiger charge is 2.64. The molecule has 210 valence electrons. The number of fused-ring (bicyclic) bond motifs is 2. The molecule has 0 saturated carbocycles. The van der Waals surface area contributed by atoms with Crippen molar-refractivity contribution in [2.24, 2.45) is 0 Å². The van der Waals surface area contributed by atoms with Crippen LogP contribution in [0.5, 0.6) is 11.5 Å². The summed E-state index contributed by atoms with van der Waals surface area (Å²) in [6.45, 7) is 0.457. The van der Waals surface area contributed by atoms with Gasteiger partial charge in [0.1, 0.15) is 6.10 Å². The molecule has 1 fully saturated rings. The number of esters is 2. The van der Waals surface area contributed by atoms with E-state index >= 15 is 0 Å².